The second-order valence-corrected chi connectivity index (χ2v) is 2.87. The van der Waals surface area contributed by atoms with Gasteiger partial charge in [-0.05, 0) is 17.7 Å². The van der Waals surface area contributed by atoms with Crippen LogP contribution in [-0.4, -0.2) is 18.2 Å². The highest BCUT2D eigenvalue weighted by Crippen LogP contribution is 2.17. The molecule has 0 saturated carbocycles. The van der Waals surface area contributed by atoms with Gasteiger partial charge in [-0.3, -0.25) is 0 Å². The minimum absolute atomic E-state index is 0.375. The fourth-order valence-electron chi connectivity index (χ4n) is 0.932. The maximum atomic E-state index is 11.0. The molecule has 1 aromatic rings. The van der Waals surface area contributed by atoms with E-state index in [9.17, 15) is 4.79 Å². The Bertz CT molecular complexity index is 309. The topological polar surface area (TPSA) is 46.5 Å². The van der Waals surface area contributed by atoms with Crippen molar-refractivity contribution < 1.29 is 14.6 Å². The second kappa shape index (κ2) is 4.25. The number of methoxy groups -OCH3 is 1. The summed E-state index contributed by atoms with van der Waals surface area (Å²) in [7, 11) is 1.30. The van der Waals surface area contributed by atoms with Crippen LogP contribution in [-0.2, 0) is 4.74 Å². The molecule has 1 rings (SSSR count). The Morgan fingerprint density at radius 3 is 2.85 bits per heavy atom. The molecule has 0 aromatic heterocycles. The predicted molar refractivity (Wildman–Crippen MR) is 48.6 cm³/mol. The Kier molecular flexibility index (Phi) is 3.28. The van der Waals surface area contributed by atoms with Crippen molar-refractivity contribution in [3.05, 3.63) is 35.4 Å². The first-order valence-electron chi connectivity index (χ1n) is 3.65. The SMILES string of the molecule is COC(=O)c1cccc(C(O)Cl)c1. The van der Waals surface area contributed by atoms with Crippen LogP contribution < -0.4 is 0 Å². The van der Waals surface area contributed by atoms with Gasteiger partial charge in [0.05, 0.1) is 12.7 Å². The molecule has 0 aliphatic heterocycles. The van der Waals surface area contributed by atoms with Crippen molar-refractivity contribution in [3.8, 4) is 0 Å². The number of esters is 1. The number of halogens is 1. The zero-order chi connectivity index (χ0) is 9.84. The second-order valence-electron chi connectivity index (χ2n) is 2.45. The average Bonchev–Trinajstić information content (AvgIpc) is 2.17. The molecule has 0 fully saturated rings. The summed E-state index contributed by atoms with van der Waals surface area (Å²) < 4.78 is 4.51. The number of rotatable bonds is 2. The van der Waals surface area contributed by atoms with Gasteiger partial charge in [-0.25, -0.2) is 4.79 Å². The summed E-state index contributed by atoms with van der Waals surface area (Å²) in [5.74, 6) is -0.445. The van der Waals surface area contributed by atoms with E-state index in [1.807, 2.05) is 0 Å². The third-order valence-electron chi connectivity index (χ3n) is 1.58. The summed E-state index contributed by atoms with van der Waals surface area (Å²) in [5.41, 5.74) is -0.242. The van der Waals surface area contributed by atoms with Crippen LogP contribution in [0.15, 0.2) is 24.3 Å². The molecule has 1 atom stereocenters. The van der Waals surface area contributed by atoms with Crippen molar-refractivity contribution in [2.75, 3.05) is 7.11 Å². The molecule has 1 N–H and O–H groups in total. The van der Waals surface area contributed by atoms with Crippen molar-refractivity contribution in [1.29, 1.82) is 0 Å². The van der Waals surface area contributed by atoms with Crippen LogP contribution in [0.5, 0.6) is 0 Å². The summed E-state index contributed by atoms with van der Waals surface area (Å²) in [6.07, 6.45) is 0. The molecule has 0 radical (unpaired) electrons. The summed E-state index contributed by atoms with van der Waals surface area (Å²) in [6, 6.07) is 6.34. The molecule has 0 aliphatic carbocycles. The standard InChI is InChI=1S/C9H9ClO3/c1-13-9(12)7-4-2-3-6(5-7)8(10)11/h2-5,8,11H,1H3. The number of ether oxygens (including phenoxy) is 1. The van der Waals surface area contributed by atoms with Crippen LogP contribution in [0.3, 0.4) is 0 Å². The number of alkyl halides is 1. The first-order chi connectivity index (χ1) is 6.15. The predicted octanol–water partition coefficient (Wildman–Crippen LogP) is 1.70. The van der Waals surface area contributed by atoms with E-state index < -0.39 is 11.5 Å². The maximum absolute atomic E-state index is 11.0. The van der Waals surface area contributed by atoms with E-state index >= 15 is 0 Å². The summed E-state index contributed by atoms with van der Waals surface area (Å²) >= 11 is 5.43. The van der Waals surface area contributed by atoms with Gasteiger partial charge in [-0.2, -0.15) is 0 Å². The lowest BCUT2D eigenvalue weighted by Gasteiger charge is -2.04. The minimum Gasteiger partial charge on any atom is -0.465 e. The Hall–Kier alpha value is -1.06. The number of hydrogen-bond donors (Lipinski definition) is 1. The molecule has 0 heterocycles. The molecule has 0 amide bonds. The van der Waals surface area contributed by atoms with Crippen LogP contribution in [0.2, 0.25) is 0 Å². The molecule has 0 spiro atoms. The van der Waals surface area contributed by atoms with Crippen molar-refractivity contribution in [2.45, 2.75) is 5.56 Å². The third kappa shape index (κ3) is 2.44. The van der Waals surface area contributed by atoms with Gasteiger partial charge < -0.3 is 9.84 Å². The quantitative estimate of drug-likeness (QED) is 0.584. The summed E-state index contributed by atoms with van der Waals surface area (Å²) in [5, 5.41) is 9.02. The molecule has 0 aliphatic rings. The van der Waals surface area contributed by atoms with Gasteiger partial charge in [-0.1, -0.05) is 23.7 Å². The Labute approximate surface area is 80.9 Å². The van der Waals surface area contributed by atoms with Gasteiger partial charge in [0.15, 0.2) is 5.56 Å². The maximum Gasteiger partial charge on any atom is 0.337 e. The molecule has 1 unspecified atom stereocenters. The van der Waals surface area contributed by atoms with Crippen LogP contribution in [0, 0.1) is 0 Å². The number of carbonyl (C=O) groups excluding carboxylic acids is 1. The molecule has 0 saturated heterocycles. The fraction of sp³-hybridized carbons (Fsp3) is 0.222. The van der Waals surface area contributed by atoms with Crippen LogP contribution >= 0.6 is 11.6 Å². The lowest BCUT2D eigenvalue weighted by molar-refractivity contribution is 0.0600. The molecular formula is C9H9ClO3. The fourth-order valence-corrected chi connectivity index (χ4v) is 1.07. The average molecular weight is 201 g/mol. The van der Waals surface area contributed by atoms with Gasteiger partial charge in [0.1, 0.15) is 0 Å². The van der Waals surface area contributed by atoms with Crippen molar-refractivity contribution in [1.82, 2.24) is 0 Å². The van der Waals surface area contributed by atoms with Crippen LogP contribution in [0.25, 0.3) is 0 Å². The van der Waals surface area contributed by atoms with Crippen LogP contribution in [0.1, 0.15) is 21.5 Å². The third-order valence-corrected chi connectivity index (χ3v) is 1.83. The monoisotopic (exact) mass is 200 g/mol. The lowest BCUT2D eigenvalue weighted by atomic mass is 10.1. The van der Waals surface area contributed by atoms with E-state index in [4.69, 9.17) is 16.7 Å². The van der Waals surface area contributed by atoms with E-state index in [0.717, 1.165) is 0 Å². The number of aliphatic hydroxyl groups is 1. The van der Waals surface area contributed by atoms with E-state index in [1.54, 1.807) is 18.2 Å². The van der Waals surface area contributed by atoms with Gasteiger partial charge in [-0.15, -0.1) is 0 Å². The normalized spacial score (nSPS) is 12.2. The molecule has 3 nitrogen and oxygen atoms in total. The minimum atomic E-state index is -1.09. The van der Waals surface area contributed by atoms with E-state index in [0.29, 0.717) is 11.1 Å². The highest BCUT2D eigenvalue weighted by atomic mass is 35.5. The first-order valence-corrected chi connectivity index (χ1v) is 4.09. The van der Waals surface area contributed by atoms with E-state index in [-0.39, 0.29) is 0 Å². The van der Waals surface area contributed by atoms with Gasteiger partial charge in [0.2, 0.25) is 0 Å². The first kappa shape index (κ1) is 10.0. The largest absolute Gasteiger partial charge is 0.465 e. The highest BCUT2D eigenvalue weighted by Gasteiger charge is 2.08. The Morgan fingerprint density at radius 1 is 1.62 bits per heavy atom. The summed E-state index contributed by atoms with van der Waals surface area (Å²) in [4.78, 5) is 11.0. The molecule has 4 heteroatoms. The summed E-state index contributed by atoms with van der Waals surface area (Å²) in [6.45, 7) is 0. The number of carbonyl (C=O) groups is 1. The van der Waals surface area contributed by atoms with Crippen molar-refractivity contribution in [3.63, 3.8) is 0 Å². The van der Waals surface area contributed by atoms with Crippen LogP contribution in [0.4, 0.5) is 0 Å². The molecule has 1 aromatic carbocycles. The van der Waals surface area contributed by atoms with Gasteiger partial charge in [0, 0.05) is 0 Å². The highest BCUT2D eigenvalue weighted by molar-refractivity contribution is 6.19. The number of benzene rings is 1. The number of hydrogen-bond acceptors (Lipinski definition) is 3. The molecular weight excluding hydrogens is 192 g/mol. The van der Waals surface area contributed by atoms with Gasteiger partial charge in [0.25, 0.3) is 0 Å². The molecule has 0 bridgehead atoms. The van der Waals surface area contributed by atoms with Gasteiger partial charge >= 0.3 is 5.97 Å². The van der Waals surface area contributed by atoms with E-state index in [1.165, 1.54) is 13.2 Å². The zero-order valence-corrected chi connectivity index (χ0v) is 7.78. The molecule has 70 valence electrons. The van der Waals surface area contributed by atoms with E-state index in [2.05, 4.69) is 4.74 Å². The Balaban J connectivity index is 2.98. The molecule has 13 heavy (non-hydrogen) atoms. The van der Waals surface area contributed by atoms with Crippen molar-refractivity contribution >= 4 is 17.6 Å². The zero-order valence-electron chi connectivity index (χ0n) is 7.03. The number of aliphatic hydroxyl groups excluding tert-OH is 1. The Morgan fingerprint density at radius 2 is 2.31 bits per heavy atom. The smallest absolute Gasteiger partial charge is 0.337 e. The lowest BCUT2D eigenvalue weighted by Crippen LogP contribution is -2.02. The van der Waals surface area contributed by atoms with Crippen molar-refractivity contribution in [2.24, 2.45) is 0 Å².